The summed E-state index contributed by atoms with van der Waals surface area (Å²) >= 11 is 0. The number of methoxy groups -OCH3 is 2. The van der Waals surface area contributed by atoms with Crippen LogP contribution in [-0.4, -0.2) is 32.3 Å². The van der Waals surface area contributed by atoms with Gasteiger partial charge in [-0.05, 0) is 19.3 Å². The Kier molecular flexibility index (Phi) is 11.0. The van der Waals surface area contributed by atoms with Crippen LogP contribution in [0.5, 0.6) is 0 Å². The number of ether oxygens (including phenoxy) is 2. The van der Waals surface area contributed by atoms with E-state index < -0.39 is 0 Å². The Balaban J connectivity index is 3.89. The van der Waals surface area contributed by atoms with Crippen LogP contribution in [0, 0.1) is 0 Å². The molecule has 0 fully saturated rings. The van der Waals surface area contributed by atoms with E-state index in [2.05, 4.69) is 21.7 Å². The van der Waals surface area contributed by atoms with Crippen molar-refractivity contribution >= 4 is 12.1 Å². The fourth-order valence-electron chi connectivity index (χ4n) is 1.92. The van der Waals surface area contributed by atoms with Gasteiger partial charge >= 0.3 is 12.1 Å². The molecule has 0 aromatic carbocycles. The first-order valence-electron chi connectivity index (χ1n) is 7.05. The maximum absolute atomic E-state index is 11.2. The number of esters is 1. The highest BCUT2D eigenvalue weighted by atomic mass is 16.5. The molecule has 112 valence electrons. The molecule has 0 aliphatic carbocycles. The number of nitrogens with one attached hydrogen (secondary N) is 1. The summed E-state index contributed by atoms with van der Waals surface area (Å²) in [5.74, 6) is -0.177. The Hall–Kier alpha value is -1.26. The van der Waals surface area contributed by atoms with E-state index in [9.17, 15) is 9.59 Å². The van der Waals surface area contributed by atoms with Crippen molar-refractivity contribution < 1.29 is 19.1 Å². The number of hydrogen-bond donors (Lipinski definition) is 1. The van der Waals surface area contributed by atoms with E-state index in [-0.39, 0.29) is 18.1 Å². The van der Waals surface area contributed by atoms with Gasteiger partial charge in [0.05, 0.1) is 14.2 Å². The second-order valence-electron chi connectivity index (χ2n) is 4.65. The molecule has 1 atom stereocenters. The van der Waals surface area contributed by atoms with Crippen molar-refractivity contribution in [2.24, 2.45) is 0 Å². The van der Waals surface area contributed by atoms with Crippen LogP contribution in [0.1, 0.15) is 58.3 Å². The first-order chi connectivity index (χ1) is 9.13. The Morgan fingerprint density at radius 3 is 2.16 bits per heavy atom. The second-order valence-corrected chi connectivity index (χ2v) is 4.65. The number of rotatable bonds is 10. The average molecular weight is 273 g/mol. The van der Waals surface area contributed by atoms with Crippen LogP contribution >= 0.6 is 0 Å². The lowest BCUT2D eigenvalue weighted by Crippen LogP contribution is -2.34. The van der Waals surface area contributed by atoms with E-state index in [1.54, 1.807) is 0 Å². The zero-order valence-corrected chi connectivity index (χ0v) is 12.4. The molecule has 0 saturated carbocycles. The van der Waals surface area contributed by atoms with Gasteiger partial charge < -0.3 is 14.8 Å². The molecule has 0 aliphatic rings. The van der Waals surface area contributed by atoms with E-state index in [1.807, 2.05) is 0 Å². The van der Waals surface area contributed by atoms with Crippen molar-refractivity contribution in [2.75, 3.05) is 14.2 Å². The van der Waals surface area contributed by atoms with Gasteiger partial charge in [-0.25, -0.2) is 4.79 Å². The van der Waals surface area contributed by atoms with E-state index >= 15 is 0 Å². The standard InChI is InChI=1S/C14H27NO4/c1-4-5-6-9-12(15-14(17)19-3)10-7-8-11-13(16)18-2/h12H,4-11H2,1-3H3,(H,15,17). The molecule has 1 N–H and O–H groups in total. The molecular formula is C14H27NO4. The molecule has 5 heteroatoms. The Morgan fingerprint density at radius 1 is 1.00 bits per heavy atom. The largest absolute Gasteiger partial charge is 0.469 e. The topological polar surface area (TPSA) is 64.6 Å². The smallest absolute Gasteiger partial charge is 0.407 e. The summed E-state index contributed by atoms with van der Waals surface area (Å²) < 4.78 is 9.21. The van der Waals surface area contributed by atoms with Crippen molar-refractivity contribution in [3.05, 3.63) is 0 Å². The summed E-state index contributed by atoms with van der Waals surface area (Å²) in [5, 5.41) is 2.85. The molecule has 0 rings (SSSR count). The lowest BCUT2D eigenvalue weighted by Gasteiger charge is -2.17. The van der Waals surface area contributed by atoms with E-state index in [0.717, 1.165) is 38.5 Å². The van der Waals surface area contributed by atoms with Crippen LogP contribution < -0.4 is 5.32 Å². The highest BCUT2D eigenvalue weighted by molar-refractivity contribution is 5.69. The Bertz CT molecular complexity index is 256. The fourth-order valence-corrected chi connectivity index (χ4v) is 1.92. The number of alkyl carbamates (subject to hydrolysis) is 1. The van der Waals surface area contributed by atoms with Gasteiger partial charge in [0, 0.05) is 12.5 Å². The molecule has 0 bridgehead atoms. The molecule has 0 radical (unpaired) electrons. The Morgan fingerprint density at radius 2 is 1.63 bits per heavy atom. The molecular weight excluding hydrogens is 246 g/mol. The minimum Gasteiger partial charge on any atom is -0.469 e. The van der Waals surface area contributed by atoms with Gasteiger partial charge in [-0.3, -0.25) is 4.79 Å². The predicted octanol–water partition coefficient (Wildman–Crippen LogP) is 3.02. The van der Waals surface area contributed by atoms with Gasteiger partial charge in [-0.15, -0.1) is 0 Å². The third kappa shape index (κ3) is 10.4. The van der Waals surface area contributed by atoms with Crippen LogP contribution in [-0.2, 0) is 14.3 Å². The first kappa shape index (κ1) is 17.7. The normalized spacial score (nSPS) is 11.7. The molecule has 1 unspecified atom stereocenters. The highest BCUT2D eigenvalue weighted by Gasteiger charge is 2.12. The van der Waals surface area contributed by atoms with Crippen molar-refractivity contribution in [3.63, 3.8) is 0 Å². The third-order valence-corrected chi connectivity index (χ3v) is 3.07. The first-order valence-corrected chi connectivity index (χ1v) is 7.05. The molecule has 1 amide bonds. The molecule has 0 aromatic rings. The molecule has 0 saturated heterocycles. The number of amides is 1. The molecule has 0 spiro atoms. The summed E-state index contributed by atoms with van der Waals surface area (Å²) in [6, 6.07) is 0.136. The average Bonchev–Trinajstić information content (AvgIpc) is 2.42. The number of hydrogen-bond acceptors (Lipinski definition) is 4. The summed E-state index contributed by atoms with van der Waals surface area (Å²) in [6.45, 7) is 2.15. The minimum absolute atomic E-state index is 0.136. The third-order valence-electron chi connectivity index (χ3n) is 3.07. The van der Waals surface area contributed by atoms with Gasteiger partial charge in [0.15, 0.2) is 0 Å². The lowest BCUT2D eigenvalue weighted by atomic mass is 10.0. The van der Waals surface area contributed by atoms with Gasteiger partial charge in [0.25, 0.3) is 0 Å². The van der Waals surface area contributed by atoms with Gasteiger partial charge in [-0.2, -0.15) is 0 Å². The summed E-state index contributed by atoms with van der Waals surface area (Å²) in [7, 11) is 2.77. The van der Waals surface area contributed by atoms with Crippen LogP contribution in [0.2, 0.25) is 0 Å². The zero-order chi connectivity index (χ0) is 14.5. The van der Waals surface area contributed by atoms with Gasteiger partial charge in [-0.1, -0.05) is 32.6 Å². The molecule has 0 aromatic heterocycles. The van der Waals surface area contributed by atoms with Crippen LogP contribution in [0.3, 0.4) is 0 Å². The molecule has 0 aliphatic heterocycles. The molecule has 0 heterocycles. The molecule has 5 nitrogen and oxygen atoms in total. The van der Waals surface area contributed by atoms with Crippen LogP contribution in [0.4, 0.5) is 4.79 Å². The predicted molar refractivity (Wildman–Crippen MR) is 74.0 cm³/mol. The van der Waals surface area contributed by atoms with Gasteiger partial charge in [0.1, 0.15) is 0 Å². The molecule has 19 heavy (non-hydrogen) atoms. The van der Waals surface area contributed by atoms with Crippen molar-refractivity contribution in [3.8, 4) is 0 Å². The number of carbonyl (C=O) groups excluding carboxylic acids is 2. The van der Waals surface area contributed by atoms with Crippen molar-refractivity contribution in [1.29, 1.82) is 0 Å². The SMILES string of the molecule is CCCCCC(CCCCC(=O)OC)NC(=O)OC. The van der Waals surface area contributed by atoms with Gasteiger partial charge in [0.2, 0.25) is 0 Å². The number of unbranched alkanes of at least 4 members (excludes halogenated alkanes) is 3. The quantitative estimate of drug-likeness (QED) is 0.491. The maximum atomic E-state index is 11.2. The fraction of sp³-hybridized carbons (Fsp3) is 0.857. The van der Waals surface area contributed by atoms with E-state index in [1.165, 1.54) is 20.6 Å². The van der Waals surface area contributed by atoms with Crippen LogP contribution in [0.25, 0.3) is 0 Å². The van der Waals surface area contributed by atoms with E-state index in [4.69, 9.17) is 0 Å². The van der Waals surface area contributed by atoms with Crippen molar-refractivity contribution in [2.45, 2.75) is 64.3 Å². The highest BCUT2D eigenvalue weighted by Crippen LogP contribution is 2.11. The second kappa shape index (κ2) is 11.8. The minimum atomic E-state index is -0.380. The summed E-state index contributed by atoms with van der Waals surface area (Å²) in [4.78, 5) is 22.2. The van der Waals surface area contributed by atoms with Crippen molar-refractivity contribution in [1.82, 2.24) is 5.32 Å². The Labute approximate surface area is 116 Å². The summed E-state index contributed by atoms with van der Waals surface area (Å²) in [5.41, 5.74) is 0. The number of carbonyl (C=O) groups is 2. The zero-order valence-electron chi connectivity index (χ0n) is 12.4. The monoisotopic (exact) mass is 273 g/mol. The summed E-state index contributed by atoms with van der Waals surface area (Å²) in [6.07, 6.45) is 7.01. The van der Waals surface area contributed by atoms with Crippen LogP contribution in [0.15, 0.2) is 0 Å². The maximum Gasteiger partial charge on any atom is 0.407 e. The van der Waals surface area contributed by atoms with E-state index in [0.29, 0.717) is 6.42 Å². The lowest BCUT2D eigenvalue weighted by molar-refractivity contribution is -0.140.